The molecule has 6 nitrogen and oxygen atoms in total. The number of carbonyl (C=O) groups is 1. The fraction of sp³-hybridized carbons (Fsp3) is 0.588. The molecule has 2 rings (SSSR count). The third kappa shape index (κ3) is 5.73. The second kappa shape index (κ2) is 10.9. The molecule has 0 aliphatic carbocycles. The molecule has 23 heavy (non-hydrogen) atoms. The molecular formula is C17H30N2O4. The number of esters is 1. The summed E-state index contributed by atoms with van der Waals surface area (Å²) < 4.78 is 15.3. The van der Waals surface area contributed by atoms with Gasteiger partial charge in [-0.1, -0.05) is 21.3 Å². The Morgan fingerprint density at radius 3 is 2.65 bits per heavy atom. The molecule has 1 fully saturated rings. The molecule has 1 aliphatic rings. The standard InChI is InChI=1S/C14H20N2O4.C2H6.CH4/c1-18-6-10-7-20-8-13(10)16-12-5-9(14(17)19-2)3-4-11(12)15;1-2;/h3-5,10,13,16H,6-8,15H2,1-2H3;1-2H3;1H4. The molecule has 0 radical (unpaired) electrons. The highest BCUT2D eigenvalue weighted by Gasteiger charge is 2.28. The largest absolute Gasteiger partial charge is 0.465 e. The third-order valence-electron chi connectivity index (χ3n) is 3.39. The minimum absolute atomic E-state index is 0. The second-order valence-corrected chi connectivity index (χ2v) is 4.80. The number of hydrogen-bond donors (Lipinski definition) is 2. The number of hydrogen-bond acceptors (Lipinski definition) is 6. The lowest BCUT2D eigenvalue weighted by Crippen LogP contribution is -2.31. The number of nitrogens with two attached hydrogens (primary N) is 1. The third-order valence-corrected chi connectivity index (χ3v) is 3.39. The Kier molecular flexibility index (Phi) is 10.0. The van der Waals surface area contributed by atoms with Gasteiger partial charge in [0.05, 0.1) is 49.9 Å². The summed E-state index contributed by atoms with van der Waals surface area (Å²) in [5.41, 5.74) is 7.70. The number of nitrogens with one attached hydrogen (secondary N) is 1. The Morgan fingerprint density at radius 1 is 1.35 bits per heavy atom. The fourth-order valence-corrected chi connectivity index (χ4v) is 2.26. The predicted octanol–water partition coefficient (Wildman–Crippen LogP) is 2.79. The average Bonchev–Trinajstić information content (AvgIpc) is 2.98. The molecule has 0 aromatic heterocycles. The molecule has 2 atom stereocenters. The highest BCUT2D eigenvalue weighted by Crippen LogP contribution is 2.25. The van der Waals surface area contributed by atoms with Crippen molar-refractivity contribution in [2.24, 2.45) is 5.92 Å². The zero-order valence-corrected chi connectivity index (χ0v) is 13.7. The van der Waals surface area contributed by atoms with Crippen LogP contribution in [0.3, 0.4) is 0 Å². The summed E-state index contributed by atoms with van der Waals surface area (Å²) in [7, 11) is 3.02. The summed E-state index contributed by atoms with van der Waals surface area (Å²) in [5, 5.41) is 3.33. The molecule has 1 aliphatic heterocycles. The van der Waals surface area contributed by atoms with Gasteiger partial charge in [-0.05, 0) is 18.2 Å². The minimum atomic E-state index is -0.385. The molecule has 0 amide bonds. The van der Waals surface area contributed by atoms with Gasteiger partial charge in [-0.3, -0.25) is 0 Å². The van der Waals surface area contributed by atoms with Gasteiger partial charge >= 0.3 is 5.97 Å². The molecule has 1 saturated heterocycles. The van der Waals surface area contributed by atoms with Crippen molar-refractivity contribution in [1.82, 2.24) is 0 Å². The fourth-order valence-electron chi connectivity index (χ4n) is 2.26. The van der Waals surface area contributed by atoms with Crippen LogP contribution in [-0.4, -0.2) is 46.1 Å². The van der Waals surface area contributed by atoms with Gasteiger partial charge in [-0.2, -0.15) is 0 Å². The normalized spacial score (nSPS) is 19.1. The molecule has 132 valence electrons. The first-order valence-electron chi connectivity index (χ1n) is 7.46. The van der Waals surface area contributed by atoms with Crippen LogP contribution >= 0.6 is 0 Å². The van der Waals surface area contributed by atoms with E-state index in [1.54, 1.807) is 25.3 Å². The number of carbonyl (C=O) groups excluding carboxylic acids is 1. The van der Waals surface area contributed by atoms with Crippen LogP contribution in [0.15, 0.2) is 18.2 Å². The van der Waals surface area contributed by atoms with Crippen molar-refractivity contribution >= 4 is 17.3 Å². The van der Waals surface area contributed by atoms with E-state index in [0.29, 0.717) is 36.8 Å². The van der Waals surface area contributed by atoms with Crippen LogP contribution in [0.1, 0.15) is 31.6 Å². The molecule has 1 aromatic carbocycles. The maximum atomic E-state index is 11.5. The predicted molar refractivity (Wildman–Crippen MR) is 93.9 cm³/mol. The summed E-state index contributed by atoms with van der Waals surface area (Å²) in [6, 6.07) is 5.15. The highest BCUT2D eigenvalue weighted by atomic mass is 16.5. The molecule has 3 N–H and O–H groups in total. The van der Waals surface area contributed by atoms with E-state index < -0.39 is 0 Å². The van der Waals surface area contributed by atoms with Crippen molar-refractivity contribution < 1.29 is 19.0 Å². The van der Waals surface area contributed by atoms with Crippen LogP contribution < -0.4 is 11.1 Å². The number of ether oxygens (including phenoxy) is 3. The van der Waals surface area contributed by atoms with E-state index in [1.807, 2.05) is 13.8 Å². The smallest absolute Gasteiger partial charge is 0.337 e. The second-order valence-electron chi connectivity index (χ2n) is 4.80. The SMILES string of the molecule is C.CC.COCC1COCC1Nc1cc(C(=O)OC)ccc1N. The van der Waals surface area contributed by atoms with Crippen molar-refractivity contribution in [2.45, 2.75) is 27.3 Å². The van der Waals surface area contributed by atoms with Crippen LogP contribution in [0, 0.1) is 5.92 Å². The maximum Gasteiger partial charge on any atom is 0.337 e. The Hall–Kier alpha value is -1.79. The molecule has 0 saturated carbocycles. The lowest BCUT2D eigenvalue weighted by Gasteiger charge is -2.20. The summed E-state index contributed by atoms with van der Waals surface area (Å²) in [6.45, 7) is 5.87. The first-order valence-corrected chi connectivity index (χ1v) is 7.46. The zero-order valence-electron chi connectivity index (χ0n) is 13.7. The van der Waals surface area contributed by atoms with Crippen LogP contribution in [0.4, 0.5) is 11.4 Å². The van der Waals surface area contributed by atoms with Gasteiger partial charge in [0.2, 0.25) is 0 Å². The van der Waals surface area contributed by atoms with E-state index in [2.05, 4.69) is 5.32 Å². The Bertz CT molecular complexity index is 480. The average molecular weight is 326 g/mol. The summed E-state index contributed by atoms with van der Waals surface area (Å²) in [6.07, 6.45) is 0. The van der Waals surface area contributed by atoms with Crippen molar-refractivity contribution in [2.75, 3.05) is 45.1 Å². The molecule has 1 aromatic rings. The van der Waals surface area contributed by atoms with E-state index in [4.69, 9.17) is 19.9 Å². The Labute approximate surface area is 139 Å². The Balaban J connectivity index is 0.00000155. The lowest BCUT2D eigenvalue weighted by molar-refractivity contribution is 0.0601. The van der Waals surface area contributed by atoms with Crippen LogP contribution in [0.5, 0.6) is 0 Å². The van der Waals surface area contributed by atoms with Crippen molar-refractivity contribution in [3.05, 3.63) is 23.8 Å². The van der Waals surface area contributed by atoms with Crippen LogP contribution in [0.25, 0.3) is 0 Å². The molecular weight excluding hydrogens is 296 g/mol. The van der Waals surface area contributed by atoms with Crippen molar-refractivity contribution in [1.29, 1.82) is 0 Å². The number of rotatable bonds is 5. The maximum absolute atomic E-state index is 11.5. The van der Waals surface area contributed by atoms with E-state index in [1.165, 1.54) is 7.11 Å². The van der Waals surface area contributed by atoms with Gasteiger partial charge in [0, 0.05) is 13.0 Å². The van der Waals surface area contributed by atoms with Gasteiger partial charge < -0.3 is 25.3 Å². The minimum Gasteiger partial charge on any atom is -0.465 e. The number of anilines is 2. The quantitative estimate of drug-likeness (QED) is 0.639. The van der Waals surface area contributed by atoms with Gasteiger partial charge in [0.1, 0.15) is 0 Å². The van der Waals surface area contributed by atoms with Gasteiger partial charge in [-0.15, -0.1) is 0 Å². The zero-order chi connectivity index (χ0) is 16.5. The molecule has 0 spiro atoms. The number of nitrogen functional groups attached to an aromatic ring is 1. The number of benzene rings is 1. The molecule has 2 unspecified atom stereocenters. The highest BCUT2D eigenvalue weighted by molar-refractivity contribution is 5.92. The Morgan fingerprint density at radius 2 is 2.04 bits per heavy atom. The molecule has 0 bridgehead atoms. The first kappa shape index (κ1) is 21.2. The van der Waals surface area contributed by atoms with Crippen LogP contribution in [0.2, 0.25) is 0 Å². The number of methoxy groups -OCH3 is 2. The van der Waals surface area contributed by atoms with Crippen molar-refractivity contribution in [3.8, 4) is 0 Å². The van der Waals surface area contributed by atoms with Crippen LogP contribution in [-0.2, 0) is 14.2 Å². The summed E-state index contributed by atoms with van der Waals surface area (Å²) in [5.74, 6) is -0.120. The monoisotopic (exact) mass is 326 g/mol. The van der Waals surface area contributed by atoms with E-state index in [0.717, 1.165) is 0 Å². The van der Waals surface area contributed by atoms with Gasteiger partial charge in [0.15, 0.2) is 0 Å². The van der Waals surface area contributed by atoms with Gasteiger partial charge in [0.25, 0.3) is 0 Å². The lowest BCUT2D eigenvalue weighted by atomic mass is 10.0. The van der Waals surface area contributed by atoms with Crippen molar-refractivity contribution in [3.63, 3.8) is 0 Å². The topological polar surface area (TPSA) is 82.8 Å². The summed E-state index contributed by atoms with van der Waals surface area (Å²) in [4.78, 5) is 11.5. The summed E-state index contributed by atoms with van der Waals surface area (Å²) >= 11 is 0. The van der Waals surface area contributed by atoms with Gasteiger partial charge in [-0.25, -0.2) is 4.79 Å². The van der Waals surface area contributed by atoms with E-state index in [-0.39, 0.29) is 25.4 Å². The molecule has 6 heteroatoms. The van der Waals surface area contributed by atoms with E-state index >= 15 is 0 Å². The first-order chi connectivity index (χ1) is 10.7. The van der Waals surface area contributed by atoms with E-state index in [9.17, 15) is 4.79 Å². The molecule has 1 heterocycles.